The first-order chi connectivity index (χ1) is 13.5. The number of hydrogen-bond acceptors (Lipinski definition) is 5. The third-order valence-electron chi connectivity index (χ3n) is 6.67. The van der Waals surface area contributed by atoms with E-state index >= 15 is 0 Å². The highest BCUT2D eigenvalue weighted by Gasteiger charge is 2.44. The number of benzene rings is 1. The molecule has 6 nitrogen and oxygen atoms in total. The summed E-state index contributed by atoms with van der Waals surface area (Å²) in [4.78, 5) is 26.3. The van der Waals surface area contributed by atoms with Crippen molar-refractivity contribution in [1.82, 2.24) is 4.90 Å². The fraction of sp³-hybridized carbons (Fsp3) is 0.636. The van der Waals surface area contributed by atoms with Gasteiger partial charge in [-0.3, -0.25) is 4.79 Å². The lowest BCUT2D eigenvalue weighted by Crippen LogP contribution is -2.42. The molecule has 1 saturated heterocycles. The highest BCUT2D eigenvalue weighted by atomic mass is 16.5. The number of carbonyl (C=O) groups excluding carboxylic acids is 2. The van der Waals surface area contributed by atoms with Crippen molar-refractivity contribution in [3.8, 4) is 5.75 Å². The summed E-state index contributed by atoms with van der Waals surface area (Å²) in [6.45, 7) is 1.53. The summed E-state index contributed by atoms with van der Waals surface area (Å²) in [7, 11) is 1.35. The summed E-state index contributed by atoms with van der Waals surface area (Å²) in [5, 5.41) is 10.6. The highest BCUT2D eigenvalue weighted by molar-refractivity contribution is 5.89. The quantitative estimate of drug-likeness (QED) is 0.786. The zero-order valence-corrected chi connectivity index (χ0v) is 16.4. The second-order valence-corrected chi connectivity index (χ2v) is 8.53. The summed E-state index contributed by atoms with van der Waals surface area (Å²) < 4.78 is 10.8. The Kier molecular flexibility index (Phi) is 5.58. The predicted molar refractivity (Wildman–Crippen MR) is 103 cm³/mol. The van der Waals surface area contributed by atoms with Gasteiger partial charge in [-0.15, -0.1) is 0 Å². The average molecular weight is 387 g/mol. The van der Waals surface area contributed by atoms with Crippen molar-refractivity contribution >= 4 is 11.9 Å². The molecular formula is C22H29NO5. The summed E-state index contributed by atoms with van der Waals surface area (Å²) in [6.07, 6.45) is 4.80. The number of carbonyl (C=O) groups is 2. The van der Waals surface area contributed by atoms with E-state index in [1.54, 1.807) is 24.3 Å². The van der Waals surface area contributed by atoms with Crippen LogP contribution in [0.25, 0.3) is 0 Å². The molecular weight excluding hydrogens is 358 g/mol. The first kappa shape index (κ1) is 19.2. The van der Waals surface area contributed by atoms with Gasteiger partial charge in [0.25, 0.3) is 0 Å². The molecule has 1 aromatic rings. The van der Waals surface area contributed by atoms with E-state index in [0.717, 1.165) is 19.5 Å². The first-order valence-corrected chi connectivity index (χ1v) is 10.3. The number of nitrogens with zero attached hydrogens (tertiary/aromatic N) is 1. The van der Waals surface area contributed by atoms with Crippen LogP contribution >= 0.6 is 0 Å². The summed E-state index contributed by atoms with van der Waals surface area (Å²) in [5.41, 5.74) is 0.428. The molecule has 1 heterocycles. The van der Waals surface area contributed by atoms with Crippen molar-refractivity contribution in [2.75, 3.05) is 20.2 Å². The Morgan fingerprint density at radius 1 is 1.18 bits per heavy atom. The maximum Gasteiger partial charge on any atom is 0.337 e. The molecule has 0 bridgehead atoms. The Hall–Kier alpha value is -2.08. The Balaban J connectivity index is 1.36. The van der Waals surface area contributed by atoms with Gasteiger partial charge in [0.2, 0.25) is 5.91 Å². The number of aliphatic hydroxyl groups excluding tert-OH is 1. The van der Waals surface area contributed by atoms with Crippen molar-refractivity contribution in [2.45, 2.75) is 50.7 Å². The number of hydrogen-bond donors (Lipinski definition) is 1. The van der Waals surface area contributed by atoms with Gasteiger partial charge in [-0.1, -0.05) is 12.5 Å². The maximum atomic E-state index is 12.6. The Bertz CT molecular complexity index is 731. The minimum atomic E-state index is -0.565. The number of likely N-dealkylation sites (tertiary alicyclic amines) is 1. The smallest absolute Gasteiger partial charge is 0.337 e. The van der Waals surface area contributed by atoms with E-state index in [0.29, 0.717) is 41.9 Å². The van der Waals surface area contributed by atoms with Crippen LogP contribution in [0.4, 0.5) is 0 Å². The van der Waals surface area contributed by atoms with E-state index in [-0.39, 0.29) is 12.0 Å². The van der Waals surface area contributed by atoms with Gasteiger partial charge in [0, 0.05) is 19.5 Å². The maximum absolute atomic E-state index is 12.6. The van der Waals surface area contributed by atoms with Crippen molar-refractivity contribution < 1.29 is 24.2 Å². The molecule has 0 spiro atoms. The molecule has 1 aliphatic heterocycles. The van der Waals surface area contributed by atoms with Crippen molar-refractivity contribution in [3.05, 3.63) is 29.8 Å². The van der Waals surface area contributed by atoms with Gasteiger partial charge in [0.1, 0.15) is 11.9 Å². The van der Waals surface area contributed by atoms with E-state index < -0.39 is 12.1 Å². The van der Waals surface area contributed by atoms with Gasteiger partial charge < -0.3 is 19.5 Å². The number of esters is 1. The lowest BCUT2D eigenvalue weighted by molar-refractivity contribution is -0.132. The summed E-state index contributed by atoms with van der Waals surface area (Å²) >= 11 is 0. The van der Waals surface area contributed by atoms with E-state index in [1.165, 1.54) is 26.4 Å². The van der Waals surface area contributed by atoms with Crippen molar-refractivity contribution in [2.24, 2.45) is 17.8 Å². The largest absolute Gasteiger partial charge is 0.488 e. The first-order valence-electron chi connectivity index (χ1n) is 10.3. The van der Waals surface area contributed by atoms with Gasteiger partial charge in [0.15, 0.2) is 0 Å². The van der Waals surface area contributed by atoms with Crippen LogP contribution in [0.2, 0.25) is 0 Å². The molecule has 4 rings (SSSR count). The summed E-state index contributed by atoms with van der Waals surface area (Å²) in [5.74, 6) is 1.72. The van der Waals surface area contributed by atoms with Crippen molar-refractivity contribution in [3.63, 3.8) is 0 Å². The van der Waals surface area contributed by atoms with Crippen LogP contribution in [-0.4, -0.2) is 54.3 Å². The fourth-order valence-corrected chi connectivity index (χ4v) is 4.78. The number of rotatable bonds is 5. The van der Waals surface area contributed by atoms with Crippen LogP contribution in [0, 0.1) is 17.8 Å². The Morgan fingerprint density at radius 2 is 1.93 bits per heavy atom. The molecule has 0 unspecified atom stereocenters. The van der Waals surface area contributed by atoms with Gasteiger partial charge in [-0.2, -0.15) is 0 Å². The second-order valence-electron chi connectivity index (χ2n) is 8.53. The molecule has 152 valence electrons. The van der Waals surface area contributed by atoms with Gasteiger partial charge in [0.05, 0.1) is 18.8 Å². The monoisotopic (exact) mass is 387 g/mol. The van der Waals surface area contributed by atoms with Crippen LogP contribution in [-0.2, 0) is 9.53 Å². The molecule has 2 aliphatic carbocycles. The topological polar surface area (TPSA) is 76.1 Å². The zero-order chi connectivity index (χ0) is 19.7. The normalized spacial score (nSPS) is 29.7. The van der Waals surface area contributed by atoms with Crippen LogP contribution in [0.1, 0.15) is 48.9 Å². The second kappa shape index (κ2) is 8.11. The van der Waals surface area contributed by atoms with Gasteiger partial charge >= 0.3 is 5.97 Å². The lowest BCUT2D eigenvalue weighted by atomic mass is 9.78. The van der Waals surface area contributed by atoms with Gasteiger partial charge in [-0.25, -0.2) is 4.79 Å². The van der Waals surface area contributed by atoms with E-state index in [2.05, 4.69) is 0 Å². The molecule has 1 amide bonds. The Labute approximate surface area is 165 Å². The van der Waals surface area contributed by atoms with Crippen molar-refractivity contribution in [1.29, 1.82) is 0 Å². The number of fused-ring (bicyclic) bond motifs is 1. The predicted octanol–water partition coefficient (Wildman–Crippen LogP) is 2.64. The molecule has 3 fully saturated rings. The van der Waals surface area contributed by atoms with Crippen LogP contribution < -0.4 is 4.74 Å². The van der Waals surface area contributed by atoms with Crippen LogP contribution in [0.5, 0.6) is 5.75 Å². The van der Waals surface area contributed by atoms with E-state index in [4.69, 9.17) is 9.47 Å². The minimum Gasteiger partial charge on any atom is -0.488 e. The van der Waals surface area contributed by atoms with E-state index in [9.17, 15) is 14.7 Å². The lowest BCUT2D eigenvalue weighted by Gasteiger charge is -2.35. The molecule has 0 radical (unpaired) electrons. The fourth-order valence-electron chi connectivity index (χ4n) is 4.78. The zero-order valence-electron chi connectivity index (χ0n) is 16.4. The molecule has 0 aromatic heterocycles. The van der Waals surface area contributed by atoms with E-state index in [1.807, 2.05) is 4.90 Å². The summed E-state index contributed by atoms with van der Waals surface area (Å²) in [6, 6.07) is 6.85. The third-order valence-corrected chi connectivity index (χ3v) is 6.67. The number of amides is 1. The molecule has 1 aromatic carbocycles. The number of ether oxygens (including phenoxy) is 2. The molecule has 2 saturated carbocycles. The standard InChI is InChI=1S/C22H29NO5/c1-27-22(26)15-6-3-7-18(9-15)28-20-11-17-13-23(12-16(17)10-19(20)24)21(25)8-14-4-2-5-14/h3,6-7,9,14,16-17,19-20,24H,2,4-5,8,10-13H2,1H3/t16-,17+,19+,20+/m0/s1. The number of aliphatic hydroxyl groups is 1. The van der Waals surface area contributed by atoms with Crippen LogP contribution in [0.3, 0.4) is 0 Å². The molecule has 6 heteroatoms. The molecule has 28 heavy (non-hydrogen) atoms. The highest BCUT2D eigenvalue weighted by Crippen LogP contribution is 2.39. The van der Waals surface area contributed by atoms with Gasteiger partial charge in [-0.05, 0) is 61.6 Å². The molecule has 1 N–H and O–H groups in total. The molecule has 4 atom stereocenters. The van der Waals surface area contributed by atoms with Crippen LogP contribution in [0.15, 0.2) is 24.3 Å². The minimum absolute atomic E-state index is 0.275. The Morgan fingerprint density at radius 3 is 2.61 bits per heavy atom. The third kappa shape index (κ3) is 4.02. The molecule has 3 aliphatic rings. The SMILES string of the molecule is COC(=O)c1cccc(O[C@@H]2C[C@@H]3CN(C(=O)CC4CCC4)C[C@@H]3C[C@H]2O)c1. The number of methoxy groups -OCH3 is 1. The average Bonchev–Trinajstić information content (AvgIpc) is 3.07.